The monoisotopic (exact) mass is 385 g/mol. The van der Waals surface area contributed by atoms with Crippen molar-refractivity contribution in [2.24, 2.45) is 0 Å². The third-order valence-corrected chi connectivity index (χ3v) is 4.59. The van der Waals surface area contributed by atoms with E-state index < -0.39 is 0 Å². The zero-order chi connectivity index (χ0) is 20.2. The van der Waals surface area contributed by atoms with Crippen LogP contribution < -0.4 is 9.47 Å². The van der Waals surface area contributed by atoms with Crippen molar-refractivity contribution in [2.45, 2.75) is 0 Å². The fourth-order valence-electron chi connectivity index (χ4n) is 3.20. The molecule has 0 unspecified atom stereocenters. The summed E-state index contributed by atoms with van der Waals surface area (Å²) in [5.74, 6) is 0.989. The minimum absolute atomic E-state index is 0.198. The molecule has 0 saturated heterocycles. The Hall–Kier alpha value is -3.86. The molecular formula is C24H19NO4. The minimum Gasteiger partial charge on any atom is -0.495 e. The van der Waals surface area contributed by atoms with Crippen molar-refractivity contribution >= 4 is 22.8 Å². The molecule has 0 N–H and O–H groups in total. The molecule has 0 saturated carbocycles. The van der Waals surface area contributed by atoms with E-state index in [1.54, 1.807) is 44.8 Å². The van der Waals surface area contributed by atoms with Gasteiger partial charge in [0.2, 0.25) is 5.78 Å². The van der Waals surface area contributed by atoms with Gasteiger partial charge in [0.1, 0.15) is 11.4 Å². The first kappa shape index (κ1) is 18.5. The second-order valence-electron chi connectivity index (χ2n) is 6.34. The number of rotatable bonds is 6. The van der Waals surface area contributed by atoms with E-state index in [2.05, 4.69) is 4.98 Å². The Balaban J connectivity index is 1.67. The fraction of sp³-hybridized carbons (Fsp3) is 0.0833. The molecule has 0 bridgehead atoms. The van der Waals surface area contributed by atoms with Gasteiger partial charge in [-0.25, -0.2) is 4.98 Å². The molecule has 4 aromatic rings. The minimum atomic E-state index is -0.198. The summed E-state index contributed by atoms with van der Waals surface area (Å²) < 4.78 is 16.4. The lowest BCUT2D eigenvalue weighted by Gasteiger charge is -2.09. The van der Waals surface area contributed by atoms with Crippen molar-refractivity contribution < 1.29 is 18.7 Å². The molecular weight excluding hydrogens is 366 g/mol. The maximum atomic E-state index is 12.7. The Bertz CT molecular complexity index is 1190. The summed E-state index contributed by atoms with van der Waals surface area (Å²) >= 11 is 0. The van der Waals surface area contributed by atoms with Gasteiger partial charge in [-0.05, 0) is 36.4 Å². The summed E-state index contributed by atoms with van der Waals surface area (Å²) in [6, 6.07) is 18.8. The van der Waals surface area contributed by atoms with Crippen molar-refractivity contribution in [3.63, 3.8) is 0 Å². The van der Waals surface area contributed by atoms with E-state index in [-0.39, 0.29) is 5.78 Å². The summed E-state index contributed by atoms with van der Waals surface area (Å²) in [7, 11) is 3.15. The lowest BCUT2D eigenvalue weighted by atomic mass is 10.1. The number of nitrogens with zero attached hydrogens (tertiary/aromatic N) is 1. The van der Waals surface area contributed by atoms with Gasteiger partial charge in [0.15, 0.2) is 11.3 Å². The van der Waals surface area contributed by atoms with Gasteiger partial charge in [0.05, 0.1) is 31.6 Å². The number of methoxy groups -OCH3 is 2. The summed E-state index contributed by atoms with van der Waals surface area (Å²) in [5, 5.41) is 0.781. The van der Waals surface area contributed by atoms with Gasteiger partial charge in [0.25, 0.3) is 0 Å². The molecule has 0 aliphatic heterocycles. The van der Waals surface area contributed by atoms with Crippen LogP contribution in [0.5, 0.6) is 11.5 Å². The molecule has 144 valence electrons. The second kappa shape index (κ2) is 8.02. The zero-order valence-corrected chi connectivity index (χ0v) is 16.1. The standard InChI is InChI=1S/C24H19NO4/c1-27-22-15-17(23(28-2)18-13-14-29-24(18)22)11-12-21(26)20-10-6-9-19(25-20)16-7-4-3-5-8-16/h3-15H,1-2H3/b12-11+. The van der Waals surface area contributed by atoms with Gasteiger partial charge in [-0.1, -0.05) is 36.4 Å². The lowest BCUT2D eigenvalue weighted by Crippen LogP contribution is -1.99. The molecule has 0 atom stereocenters. The molecule has 5 heteroatoms. The normalized spacial score (nSPS) is 11.1. The number of furan rings is 1. The Morgan fingerprint density at radius 3 is 2.59 bits per heavy atom. The topological polar surface area (TPSA) is 61.6 Å². The van der Waals surface area contributed by atoms with Crippen LogP contribution in [0.15, 0.2) is 77.4 Å². The number of carbonyl (C=O) groups is 1. The van der Waals surface area contributed by atoms with Crippen molar-refractivity contribution in [3.05, 3.63) is 84.3 Å². The van der Waals surface area contributed by atoms with Crippen molar-refractivity contribution in [2.75, 3.05) is 14.2 Å². The number of ketones is 1. The number of fused-ring (bicyclic) bond motifs is 1. The summed E-state index contributed by atoms with van der Waals surface area (Å²) in [6.07, 6.45) is 4.76. The predicted octanol–water partition coefficient (Wildman–Crippen LogP) is 5.41. The Kier molecular flexibility index (Phi) is 5.12. The van der Waals surface area contributed by atoms with Crippen LogP contribution in [0, 0.1) is 0 Å². The van der Waals surface area contributed by atoms with E-state index in [9.17, 15) is 4.79 Å². The third-order valence-electron chi connectivity index (χ3n) is 4.59. The van der Waals surface area contributed by atoms with Crippen LogP contribution in [-0.4, -0.2) is 25.0 Å². The summed E-state index contributed by atoms with van der Waals surface area (Å²) in [6.45, 7) is 0. The summed E-state index contributed by atoms with van der Waals surface area (Å²) in [4.78, 5) is 17.2. The quantitative estimate of drug-likeness (QED) is 0.328. The van der Waals surface area contributed by atoms with Gasteiger partial charge in [-0.15, -0.1) is 0 Å². The Morgan fingerprint density at radius 1 is 1.00 bits per heavy atom. The van der Waals surface area contributed by atoms with Gasteiger partial charge in [-0.3, -0.25) is 4.79 Å². The van der Waals surface area contributed by atoms with Gasteiger partial charge >= 0.3 is 0 Å². The number of carbonyl (C=O) groups excluding carboxylic acids is 1. The van der Waals surface area contributed by atoms with Crippen LogP contribution >= 0.6 is 0 Å². The third kappa shape index (κ3) is 3.62. The first-order valence-corrected chi connectivity index (χ1v) is 9.08. The number of ether oxygens (including phenoxy) is 2. The number of hydrogen-bond donors (Lipinski definition) is 0. The highest BCUT2D eigenvalue weighted by Gasteiger charge is 2.15. The molecule has 2 heterocycles. The highest BCUT2D eigenvalue weighted by Crippen LogP contribution is 2.38. The van der Waals surface area contributed by atoms with Crippen molar-refractivity contribution in [1.82, 2.24) is 4.98 Å². The average Bonchev–Trinajstić information content (AvgIpc) is 3.27. The Labute approximate surface area is 168 Å². The molecule has 2 aromatic carbocycles. The first-order valence-electron chi connectivity index (χ1n) is 9.08. The molecule has 4 rings (SSSR count). The van der Waals surface area contributed by atoms with E-state index in [1.165, 1.54) is 6.08 Å². The van der Waals surface area contributed by atoms with Gasteiger partial charge in [0, 0.05) is 11.1 Å². The van der Waals surface area contributed by atoms with Gasteiger partial charge in [-0.2, -0.15) is 0 Å². The molecule has 0 fully saturated rings. The molecule has 2 aromatic heterocycles. The molecule has 0 amide bonds. The summed E-state index contributed by atoms with van der Waals surface area (Å²) in [5.41, 5.74) is 3.40. The van der Waals surface area contributed by atoms with Crippen LogP contribution in [0.4, 0.5) is 0 Å². The SMILES string of the molecule is COc1c(/C=C/C(=O)c2cccc(-c3ccccc3)n2)cc(OC)c2occc12. The lowest BCUT2D eigenvalue weighted by molar-refractivity contribution is 0.104. The van der Waals surface area contributed by atoms with Crippen LogP contribution in [0.25, 0.3) is 28.3 Å². The zero-order valence-electron chi connectivity index (χ0n) is 16.1. The van der Waals surface area contributed by atoms with Crippen LogP contribution in [-0.2, 0) is 0 Å². The number of pyridine rings is 1. The molecule has 0 spiro atoms. The maximum absolute atomic E-state index is 12.7. The Morgan fingerprint density at radius 2 is 1.83 bits per heavy atom. The fourth-order valence-corrected chi connectivity index (χ4v) is 3.20. The molecule has 5 nitrogen and oxygen atoms in total. The molecule has 29 heavy (non-hydrogen) atoms. The number of aromatic nitrogens is 1. The van der Waals surface area contributed by atoms with Crippen LogP contribution in [0.3, 0.4) is 0 Å². The van der Waals surface area contributed by atoms with Crippen LogP contribution in [0.1, 0.15) is 16.1 Å². The van der Waals surface area contributed by atoms with E-state index in [4.69, 9.17) is 13.9 Å². The average molecular weight is 385 g/mol. The first-order chi connectivity index (χ1) is 14.2. The predicted molar refractivity (Wildman–Crippen MR) is 112 cm³/mol. The maximum Gasteiger partial charge on any atom is 0.204 e. The number of hydrogen-bond acceptors (Lipinski definition) is 5. The van der Waals surface area contributed by atoms with Crippen molar-refractivity contribution in [3.8, 4) is 22.8 Å². The van der Waals surface area contributed by atoms with E-state index in [1.807, 2.05) is 42.5 Å². The highest BCUT2D eigenvalue weighted by molar-refractivity contribution is 6.06. The van der Waals surface area contributed by atoms with E-state index >= 15 is 0 Å². The second-order valence-corrected chi connectivity index (χ2v) is 6.34. The van der Waals surface area contributed by atoms with E-state index in [0.717, 1.165) is 16.6 Å². The smallest absolute Gasteiger partial charge is 0.204 e. The molecule has 0 aliphatic carbocycles. The largest absolute Gasteiger partial charge is 0.495 e. The van der Waals surface area contributed by atoms with Gasteiger partial charge < -0.3 is 13.9 Å². The number of benzene rings is 2. The van der Waals surface area contributed by atoms with Crippen LogP contribution in [0.2, 0.25) is 0 Å². The van der Waals surface area contributed by atoms with Crippen molar-refractivity contribution in [1.29, 1.82) is 0 Å². The molecule has 0 radical (unpaired) electrons. The number of allylic oxidation sites excluding steroid dienone is 1. The highest BCUT2D eigenvalue weighted by atomic mass is 16.5. The molecule has 0 aliphatic rings. The van der Waals surface area contributed by atoms with E-state index in [0.29, 0.717) is 28.3 Å².